The van der Waals surface area contributed by atoms with Crippen LogP contribution in [0.15, 0.2) is 55.0 Å². The van der Waals surface area contributed by atoms with Crippen LogP contribution in [-0.4, -0.2) is 36.6 Å². The normalized spacial score (nSPS) is 14.4. The van der Waals surface area contributed by atoms with Crippen LogP contribution in [0.5, 0.6) is 0 Å². The van der Waals surface area contributed by atoms with Crippen molar-refractivity contribution in [2.24, 2.45) is 0 Å². The molecule has 7 heteroatoms. The Morgan fingerprint density at radius 2 is 1.87 bits per heavy atom. The Labute approximate surface area is 182 Å². The summed E-state index contributed by atoms with van der Waals surface area (Å²) in [6.45, 7) is 4.15. The van der Waals surface area contributed by atoms with Gasteiger partial charge in [-0.25, -0.2) is 19.5 Å². The zero-order valence-corrected chi connectivity index (χ0v) is 17.9. The number of hydrogen-bond donors (Lipinski definition) is 2. The third-order valence-corrected chi connectivity index (χ3v) is 5.61. The number of rotatable bonds is 6. The molecule has 1 saturated carbocycles. The maximum Gasteiger partial charge on any atom is 0.223 e. The number of nitrogens with one attached hydrogen (secondary N) is 2. The van der Waals surface area contributed by atoms with E-state index < -0.39 is 0 Å². The quantitative estimate of drug-likeness (QED) is 0.462. The highest BCUT2D eigenvalue weighted by molar-refractivity contribution is 5.91. The lowest BCUT2D eigenvalue weighted by atomic mass is 10.0. The molecule has 0 atom stereocenters. The molecule has 0 amide bonds. The van der Waals surface area contributed by atoms with Crippen molar-refractivity contribution < 1.29 is 0 Å². The summed E-state index contributed by atoms with van der Waals surface area (Å²) in [6.07, 6.45) is 10.6. The Morgan fingerprint density at radius 1 is 1.03 bits per heavy atom. The molecule has 0 spiro atoms. The zero-order valence-electron chi connectivity index (χ0n) is 17.9. The van der Waals surface area contributed by atoms with E-state index in [4.69, 9.17) is 10.1 Å². The van der Waals surface area contributed by atoms with E-state index in [1.807, 2.05) is 41.2 Å². The van der Waals surface area contributed by atoms with E-state index in [-0.39, 0.29) is 6.04 Å². The average molecular weight is 414 g/mol. The fraction of sp³-hybridized carbons (Fsp3) is 0.333. The lowest BCUT2D eigenvalue weighted by molar-refractivity contribution is 0.750. The summed E-state index contributed by atoms with van der Waals surface area (Å²) in [7, 11) is 0. The van der Waals surface area contributed by atoms with Crippen molar-refractivity contribution >= 4 is 17.3 Å². The Bertz CT molecular complexity index is 1190. The highest BCUT2D eigenvalue weighted by Crippen LogP contribution is 2.35. The smallest absolute Gasteiger partial charge is 0.223 e. The van der Waals surface area contributed by atoms with Crippen LogP contribution in [0.3, 0.4) is 0 Å². The summed E-state index contributed by atoms with van der Waals surface area (Å²) >= 11 is 0. The first-order chi connectivity index (χ1) is 15.2. The van der Waals surface area contributed by atoms with Gasteiger partial charge in [-0.2, -0.15) is 5.10 Å². The first-order valence-corrected chi connectivity index (χ1v) is 11.0. The molecule has 0 aromatic carbocycles. The van der Waals surface area contributed by atoms with Gasteiger partial charge in [0, 0.05) is 36.2 Å². The Hall–Kier alpha value is -3.48. The highest BCUT2D eigenvalue weighted by atomic mass is 15.2. The minimum Gasteiger partial charge on any atom is -0.367 e. The first kappa shape index (κ1) is 19.5. The molecule has 2 N–H and O–H groups in total. The van der Waals surface area contributed by atoms with E-state index in [9.17, 15) is 0 Å². The predicted octanol–water partition coefficient (Wildman–Crippen LogP) is 5.03. The number of pyridine rings is 2. The van der Waals surface area contributed by atoms with Crippen LogP contribution in [-0.2, 0) is 0 Å². The van der Waals surface area contributed by atoms with Crippen molar-refractivity contribution in [1.29, 1.82) is 0 Å². The minimum absolute atomic E-state index is 0.253. The Kier molecular flexibility index (Phi) is 5.24. The molecule has 0 bridgehead atoms. The maximum absolute atomic E-state index is 4.90. The largest absolute Gasteiger partial charge is 0.367 e. The molecule has 4 aromatic rings. The molecule has 31 heavy (non-hydrogen) atoms. The summed E-state index contributed by atoms with van der Waals surface area (Å²) in [5, 5.41) is 11.8. The number of anilines is 2. The predicted molar refractivity (Wildman–Crippen MR) is 124 cm³/mol. The van der Waals surface area contributed by atoms with Crippen LogP contribution in [0.25, 0.3) is 28.0 Å². The van der Waals surface area contributed by atoms with Crippen molar-refractivity contribution in [3.63, 3.8) is 0 Å². The van der Waals surface area contributed by atoms with Crippen LogP contribution in [0, 0.1) is 0 Å². The molecule has 1 aliphatic carbocycles. The van der Waals surface area contributed by atoms with Crippen LogP contribution in [0.4, 0.5) is 11.8 Å². The van der Waals surface area contributed by atoms with Gasteiger partial charge in [-0.15, -0.1) is 0 Å². The van der Waals surface area contributed by atoms with Gasteiger partial charge < -0.3 is 10.6 Å². The number of aromatic nitrogens is 5. The lowest BCUT2D eigenvalue weighted by Gasteiger charge is -2.13. The average Bonchev–Trinajstić information content (AvgIpc) is 3.41. The summed E-state index contributed by atoms with van der Waals surface area (Å²) in [5.41, 5.74) is 4.75. The van der Waals surface area contributed by atoms with Crippen LogP contribution >= 0.6 is 0 Å². The second kappa shape index (κ2) is 8.34. The van der Waals surface area contributed by atoms with E-state index in [0.29, 0.717) is 12.0 Å². The molecule has 5 rings (SSSR count). The molecular formula is C24H27N7. The van der Waals surface area contributed by atoms with Crippen LogP contribution in [0.1, 0.15) is 39.5 Å². The summed E-state index contributed by atoms with van der Waals surface area (Å²) in [5.74, 6) is 1.52. The van der Waals surface area contributed by atoms with Crippen LogP contribution < -0.4 is 10.6 Å². The monoisotopic (exact) mass is 413 g/mol. The number of hydrogen-bond acceptors (Lipinski definition) is 6. The van der Waals surface area contributed by atoms with Gasteiger partial charge in [-0.05, 0) is 57.0 Å². The highest BCUT2D eigenvalue weighted by Gasteiger charge is 2.20. The second-order valence-electron chi connectivity index (χ2n) is 8.37. The van der Waals surface area contributed by atoms with Gasteiger partial charge in [0.05, 0.1) is 16.8 Å². The van der Waals surface area contributed by atoms with Crippen molar-refractivity contribution in [2.75, 3.05) is 10.6 Å². The third-order valence-electron chi connectivity index (χ3n) is 5.61. The van der Waals surface area contributed by atoms with Gasteiger partial charge in [-0.1, -0.05) is 18.9 Å². The Morgan fingerprint density at radius 3 is 2.71 bits per heavy atom. The van der Waals surface area contributed by atoms with E-state index in [0.717, 1.165) is 33.8 Å². The molecule has 4 heterocycles. The van der Waals surface area contributed by atoms with Crippen molar-refractivity contribution in [3.05, 3.63) is 55.0 Å². The molecule has 4 aromatic heterocycles. The van der Waals surface area contributed by atoms with Gasteiger partial charge in [-0.3, -0.25) is 0 Å². The van der Waals surface area contributed by atoms with Crippen molar-refractivity contribution in [2.45, 2.75) is 51.6 Å². The molecule has 1 aliphatic rings. The number of nitrogens with zero attached hydrogens (tertiary/aromatic N) is 5. The molecule has 158 valence electrons. The molecule has 0 unspecified atom stereocenters. The van der Waals surface area contributed by atoms with Crippen LogP contribution in [0.2, 0.25) is 0 Å². The second-order valence-corrected chi connectivity index (χ2v) is 8.37. The fourth-order valence-electron chi connectivity index (χ4n) is 4.22. The van der Waals surface area contributed by atoms with E-state index in [2.05, 4.69) is 46.6 Å². The summed E-state index contributed by atoms with van der Waals surface area (Å²) < 4.78 is 1.91. The van der Waals surface area contributed by atoms with Gasteiger partial charge in [0.15, 0.2) is 0 Å². The summed E-state index contributed by atoms with van der Waals surface area (Å²) in [6, 6.07) is 12.9. The fourth-order valence-corrected chi connectivity index (χ4v) is 4.22. The molecular weight excluding hydrogens is 386 g/mol. The molecule has 0 radical (unpaired) electrons. The molecule has 0 saturated heterocycles. The van der Waals surface area contributed by atoms with Gasteiger partial charge in [0.1, 0.15) is 11.5 Å². The number of fused-ring (bicyclic) bond motifs is 1. The summed E-state index contributed by atoms with van der Waals surface area (Å²) in [4.78, 5) is 13.7. The van der Waals surface area contributed by atoms with E-state index in [1.165, 1.54) is 25.7 Å². The third kappa shape index (κ3) is 4.08. The zero-order chi connectivity index (χ0) is 21.2. The molecule has 1 fully saturated rings. The van der Waals surface area contributed by atoms with Gasteiger partial charge >= 0.3 is 0 Å². The van der Waals surface area contributed by atoms with E-state index >= 15 is 0 Å². The van der Waals surface area contributed by atoms with Gasteiger partial charge in [0.2, 0.25) is 5.95 Å². The SMILES string of the molecule is CC(C)Nc1nccc(-c2c(-c3ccnc(NC4CCCC4)c3)nn3ccccc23)n1. The molecule has 7 nitrogen and oxygen atoms in total. The van der Waals surface area contributed by atoms with Crippen molar-refractivity contribution in [3.8, 4) is 22.5 Å². The van der Waals surface area contributed by atoms with Gasteiger partial charge in [0.25, 0.3) is 0 Å². The topological polar surface area (TPSA) is 80.0 Å². The molecule has 0 aliphatic heterocycles. The standard InChI is InChI=1S/C24H27N7/c1-16(2)27-24-26-13-11-19(29-24)22-20-9-5-6-14-31(20)30-23(22)17-10-12-25-21(15-17)28-18-7-3-4-8-18/h5-6,9-16,18H,3-4,7-8H2,1-2H3,(H,25,28)(H,26,27,29). The van der Waals surface area contributed by atoms with Crippen molar-refractivity contribution in [1.82, 2.24) is 24.6 Å². The maximum atomic E-state index is 4.90. The first-order valence-electron chi connectivity index (χ1n) is 11.0. The van der Waals surface area contributed by atoms with E-state index in [1.54, 1.807) is 6.20 Å². The minimum atomic E-state index is 0.253. The Balaban J connectivity index is 1.60. The lowest BCUT2D eigenvalue weighted by Crippen LogP contribution is -2.15.